The van der Waals surface area contributed by atoms with Crippen LogP contribution in [0, 0.1) is 0 Å². The second-order valence-corrected chi connectivity index (χ2v) is 5.35. The molecule has 0 aliphatic carbocycles. The van der Waals surface area contributed by atoms with Gasteiger partial charge in [-0.1, -0.05) is 30.3 Å². The summed E-state index contributed by atoms with van der Waals surface area (Å²) in [4.78, 5) is 26.0. The van der Waals surface area contributed by atoms with E-state index in [0.717, 1.165) is 5.56 Å². The molecular weight excluding hydrogens is 278 g/mol. The molecule has 22 heavy (non-hydrogen) atoms. The Kier molecular flexibility index (Phi) is 3.92. The molecule has 1 atom stereocenters. The van der Waals surface area contributed by atoms with E-state index < -0.39 is 0 Å². The van der Waals surface area contributed by atoms with E-state index in [1.165, 1.54) is 4.90 Å². The molecule has 2 amide bonds. The summed E-state index contributed by atoms with van der Waals surface area (Å²) in [5.74, 6) is 0.406. The minimum atomic E-state index is -0.244. The van der Waals surface area contributed by atoms with Crippen LogP contribution in [0.5, 0.6) is 5.75 Å². The number of nitrogens with zero attached hydrogens (tertiary/aromatic N) is 1. The summed E-state index contributed by atoms with van der Waals surface area (Å²) < 4.78 is 5.08. The maximum Gasteiger partial charge on any atom is 0.260 e. The van der Waals surface area contributed by atoms with Gasteiger partial charge in [-0.25, -0.2) is 0 Å². The number of hydrogen-bond acceptors (Lipinski definition) is 3. The van der Waals surface area contributed by atoms with Crippen LogP contribution in [0.15, 0.2) is 54.6 Å². The van der Waals surface area contributed by atoms with Gasteiger partial charge >= 0.3 is 0 Å². The maximum absolute atomic E-state index is 12.5. The van der Waals surface area contributed by atoms with Gasteiger partial charge in [-0.05, 0) is 29.8 Å². The molecule has 0 aromatic heterocycles. The van der Waals surface area contributed by atoms with Crippen molar-refractivity contribution in [1.29, 1.82) is 0 Å². The number of amides is 2. The third-order valence-electron chi connectivity index (χ3n) is 3.98. The first-order valence-electron chi connectivity index (χ1n) is 7.22. The minimum Gasteiger partial charge on any atom is -0.497 e. The van der Waals surface area contributed by atoms with Gasteiger partial charge in [0.05, 0.1) is 7.11 Å². The Morgan fingerprint density at radius 2 is 1.77 bits per heavy atom. The van der Waals surface area contributed by atoms with Gasteiger partial charge < -0.3 is 4.74 Å². The number of rotatable bonds is 3. The summed E-state index contributed by atoms with van der Waals surface area (Å²) >= 11 is 0. The average molecular weight is 295 g/mol. The van der Waals surface area contributed by atoms with Crippen molar-refractivity contribution in [2.45, 2.75) is 12.3 Å². The molecular formula is C18H17NO3. The normalized spacial score (nSPS) is 17.6. The van der Waals surface area contributed by atoms with E-state index in [-0.39, 0.29) is 17.7 Å². The highest BCUT2D eigenvalue weighted by Crippen LogP contribution is 2.29. The van der Waals surface area contributed by atoms with Gasteiger partial charge in [-0.15, -0.1) is 0 Å². The van der Waals surface area contributed by atoms with Gasteiger partial charge in [-0.2, -0.15) is 0 Å². The molecule has 1 heterocycles. The number of carbonyl (C=O) groups excluding carboxylic acids is 2. The predicted molar refractivity (Wildman–Crippen MR) is 82.8 cm³/mol. The largest absolute Gasteiger partial charge is 0.497 e. The zero-order valence-corrected chi connectivity index (χ0v) is 12.4. The zero-order chi connectivity index (χ0) is 15.5. The minimum absolute atomic E-state index is 0.0795. The molecule has 1 aliphatic rings. The quantitative estimate of drug-likeness (QED) is 0.818. The monoisotopic (exact) mass is 295 g/mol. The Hall–Kier alpha value is -2.62. The van der Waals surface area contributed by atoms with E-state index in [1.54, 1.807) is 31.4 Å². The third kappa shape index (κ3) is 2.72. The van der Waals surface area contributed by atoms with Gasteiger partial charge in [0.15, 0.2) is 0 Å². The van der Waals surface area contributed by atoms with Crippen LogP contribution in [-0.4, -0.2) is 30.4 Å². The molecule has 4 heteroatoms. The fraction of sp³-hybridized carbons (Fsp3) is 0.222. The van der Waals surface area contributed by atoms with Crippen molar-refractivity contribution < 1.29 is 14.3 Å². The van der Waals surface area contributed by atoms with Crippen molar-refractivity contribution in [3.05, 3.63) is 65.7 Å². The van der Waals surface area contributed by atoms with Crippen molar-refractivity contribution in [3.8, 4) is 5.75 Å². The number of ether oxygens (including phenoxy) is 1. The number of methoxy groups -OCH3 is 1. The molecule has 1 saturated heterocycles. The summed E-state index contributed by atoms with van der Waals surface area (Å²) in [6.45, 7) is 0.438. The first-order chi connectivity index (χ1) is 10.7. The molecule has 0 saturated carbocycles. The SMILES string of the molecule is COc1ccc(C(=O)N2C[C@H](c3ccccc3)CC2=O)cc1. The lowest BCUT2D eigenvalue weighted by Crippen LogP contribution is -2.32. The average Bonchev–Trinajstić information content (AvgIpc) is 2.97. The van der Waals surface area contributed by atoms with Gasteiger partial charge in [-0.3, -0.25) is 14.5 Å². The van der Waals surface area contributed by atoms with Gasteiger partial charge in [0.25, 0.3) is 5.91 Å². The van der Waals surface area contributed by atoms with Crippen molar-refractivity contribution in [2.75, 3.05) is 13.7 Å². The summed E-state index contributed by atoms with van der Waals surface area (Å²) in [5, 5.41) is 0. The molecule has 112 valence electrons. The smallest absolute Gasteiger partial charge is 0.260 e. The fourth-order valence-corrected chi connectivity index (χ4v) is 2.74. The number of likely N-dealkylation sites (tertiary alicyclic amines) is 1. The highest BCUT2D eigenvalue weighted by molar-refractivity contribution is 6.06. The number of carbonyl (C=O) groups is 2. The molecule has 0 bridgehead atoms. The predicted octanol–water partition coefficient (Wildman–Crippen LogP) is 2.85. The molecule has 4 nitrogen and oxygen atoms in total. The van der Waals surface area contributed by atoms with E-state index in [1.807, 2.05) is 30.3 Å². The fourth-order valence-electron chi connectivity index (χ4n) is 2.74. The molecule has 0 N–H and O–H groups in total. The van der Waals surface area contributed by atoms with Gasteiger partial charge in [0.1, 0.15) is 5.75 Å². The van der Waals surface area contributed by atoms with Crippen LogP contribution < -0.4 is 4.74 Å². The number of benzene rings is 2. The molecule has 0 spiro atoms. The van der Waals surface area contributed by atoms with Crippen LogP contribution in [0.4, 0.5) is 0 Å². The lowest BCUT2D eigenvalue weighted by Gasteiger charge is -2.15. The van der Waals surface area contributed by atoms with E-state index in [9.17, 15) is 9.59 Å². The summed E-state index contributed by atoms with van der Waals surface area (Å²) in [6, 6.07) is 16.7. The standard InChI is InChI=1S/C18H17NO3/c1-22-16-9-7-14(8-10-16)18(21)19-12-15(11-17(19)20)13-5-3-2-4-6-13/h2-10,15H,11-12H2,1H3/t15-/m1/s1. The first kappa shape index (κ1) is 14.3. The zero-order valence-electron chi connectivity index (χ0n) is 12.4. The van der Waals surface area contributed by atoms with Crippen LogP contribution in [0.2, 0.25) is 0 Å². The van der Waals surface area contributed by atoms with Gasteiger partial charge in [0.2, 0.25) is 5.91 Å². The second-order valence-electron chi connectivity index (χ2n) is 5.35. The van der Waals surface area contributed by atoms with Crippen LogP contribution in [0.25, 0.3) is 0 Å². The Labute approximate surface area is 129 Å². The molecule has 0 unspecified atom stereocenters. The van der Waals surface area contributed by atoms with Crippen LogP contribution in [0.1, 0.15) is 28.3 Å². The topological polar surface area (TPSA) is 46.6 Å². The molecule has 2 aromatic carbocycles. The molecule has 1 fully saturated rings. The number of hydrogen-bond donors (Lipinski definition) is 0. The number of imide groups is 1. The third-order valence-corrected chi connectivity index (χ3v) is 3.98. The van der Waals surface area contributed by atoms with E-state index in [4.69, 9.17) is 4.74 Å². The van der Waals surface area contributed by atoms with E-state index in [2.05, 4.69) is 0 Å². The maximum atomic E-state index is 12.5. The van der Waals surface area contributed by atoms with E-state index in [0.29, 0.717) is 24.3 Å². The van der Waals surface area contributed by atoms with Crippen LogP contribution in [0.3, 0.4) is 0 Å². The van der Waals surface area contributed by atoms with E-state index >= 15 is 0 Å². The van der Waals surface area contributed by atoms with Crippen molar-refractivity contribution in [3.63, 3.8) is 0 Å². The van der Waals surface area contributed by atoms with Gasteiger partial charge in [0, 0.05) is 24.4 Å². The lowest BCUT2D eigenvalue weighted by molar-refractivity contribution is -0.125. The van der Waals surface area contributed by atoms with Crippen molar-refractivity contribution >= 4 is 11.8 Å². The Morgan fingerprint density at radius 1 is 1.09 bits per heavy atom. The highest BCUT2D eigenvalue weighted by atomic mass is 16.5. The molecule has 2 aromatic rings. The molecule has 0 radical (unpaired) electrons. The molecule has 3 rings (SSSR count). The van der Waals surface area contributed by atoms with Crippen molar-refractivity contribution in [1.82, 2.24) is 4.90 Å². The highest BCUT2D eigenvalue weighted by Gasteiger charge is 2.34. The van der Waals surface area contributed by atoms with Crippen molar-refractivity contribution in [2.24, 2.45) is 0 Å². The Balaban J connectivity index is 1.77. The summed E-state index contributed by atoms with van der Waals surface area (Å²) in [5.41, 5.74) is 1.60. The summed E-state index contributed by atoms with van der Waals surface area (Å²) in [6.07, 6.45) is 0.381. The van der Waals surface area contributed by atoms with Crippen LogP contribution in [-0.2, 0) is 4.79 Å². The Morgan fingerprint density at radius 3 is 2.41 bits per heavy atom. The summed E-state index contributed by atoms with van der Waals surface area (Å²) in [7, 11) is 1.57. The Bertz CT molecular complexity index is 679. The first-order valence-corrected chi connectivity index (χ1v) is 7.22. The van der Waals surface area contributed by atoms with Crippen LogP contribution >= 0.6 is 0 Å². The molecule has 1 aliphatic heterocycles. The second kappa shape index (κ2) is 6.02. The lowest BCUT2D eigenvalue weighted by atomic mass is 9.98.